The maximum atomic E-state index is 13.7. The van der Waals surface area contributed by atoms with Crippen LogP contribution in [0.1, 0.15) is 31.7 Å². The quantitative estimate of drug-likeness (QED) is 0.841. The molecular formula is C14H19F2NO3S. The van der Waals surface area contributed by atoms with E-state index in [0.717, 1.165) is 31.4 Å². The van der Waals surface area contributed by atoms with Crippen molar-refractivity contribution >= 4 is 10.0 Å². The number of benzene rings is 1. The zero-order valence-electron chi connectivity index (χ0n) is 11.8. The van der Waals surface area contributed by atoms with Crippen LogP contribution in [0.15, 0.2) is 18.2 Å². The predicted octanol–water partition coefficient (Wildman–Crippen LogP) is 1.89. The molecule has 1 saturated carbocycles. The molecular weight excluding hydrogens is 300 g/mol. The second-order valence-electron chi connectivity index (χ2n) is 5.80. The highest BCUT2D eigenvalue weighted by Gasteiger charge is 2.30. The Bertz CT molecular complexity index is 613. The fourth-order valence-electron chi connectivity index (χ4n) is 2.30. The van der Waals surface area contributed by atoms with Gasteiger partial charge in [0, 0.05) is 18.2 Å². The molecule has 1 aliphatic carbocycles. The lowest BCUT2D eigenvalue weighted by Crippen LogP contribution is -2.41. The van der Waals surface area contributed by atoms with Crippen LogP contribution in [0.5, 0.6) is 0 Å². The van der Waals surface area contributed by atoms with E-state index in [9.17, 15) is 22.3 Å². The van der Waals surface area contributed by atoms with Crippen LogP contribution in [-0.4, -0.2) is 25.8 Å². The van der Waals surface area contributed by atoms with Crippen molar-refractivity contribution in [3.63, 3.8) is 0 Å². The van der Waals surface area contributed by atoms with Crippen molar-refractivity contribution in [3.8, 4) is 0 Å². The Morgan fingerprint density at radius 2 is 2.05 bits per heavy atom. The van der Waals surface area contributed by atoms with Crippen molar-refractivity contribution in [2.45, 2.75) is 31.8 Å². The van der Waals surface area contributed by atoms with Crippen LogP contribution < -0.4 is 4.72 Å². The monoisotopic (exact) mass is 319 g/mol. The number of sulfonamides is 1. The van der Waals surface area contributed by atoms with E-state index in [1.807, 2.05) is 0 Å². The van der Waals surface area contributed by atoms with Crippen molar-refractivity contribution < 1.29 is 22.3 Å². The van der Waals surface area contributed by atoms with Crippen LogP contribution in [-0.2, 0) is 15.6 Å². The van der Waals surface area contributed by atoms with Crippen LogP contribution in [0, 0.1) is 17.6 Å². The average molecular weight is 319 g/mol. The summed E-state index contributed by atoms with van der Waals surface area (Å²) in [6.07, 6.45) is 2.83. The van der Waals surface area contributed by atoms with E-state index in [1.165, 1.54) is 6.92 Å². The van der Waals surface area contributed by atoms with Gasteiger partial charge < -0.3 is 5.11 Å². The standard InChI is InChI=1S/C14H19F2NO3S/c1-14(18,12-6-5-11(15)7-13(12)16)9-17-21(19,20)8-10-3-2-4-10/h5-7,10,17-18H,2-4,8-9H2,1H3. The van der Waals surface area contributed by atoms with Gasteiger partial charge in [0.25, 0.3) is 0 Å². The first-order chi connectivity index (χ1) is 9.70. The molecule has 2 rings (SSSR count). The highest BCUT2D eigenvalue weighted by molar-refractivity contribution is 7.89. The average Bonchev–Trinajstić information content (AvgIpc) is 2.32. The van der Waals surface area contributed by atoms with Gasteiger partial charge in [0.15, 0.2) is 0 Å². The lowest BCUT2D eigenvalue weighted by Gasteiger charge is -2.27. The summed E-state index contributed by atoms with van der Waals surface area (Å²) in [5, 5.41) is 10.2. The van der Waals surface area contributed by atoms with E-state index >= 15 is 0 Å². The molecule has 0 saturated heterocycles. The van der Waals surface area contributed by atoms with E-state index in [0.29, 0.717) is 6.07 Å². The number of hydrogen-bond acceptors (Lipinski definition) is 3. The zero-order chi connectivity index (χ0) is 15.7. The summed E-state index contributed by atoms with van der Waals surface area (Å²) in [5.41, 5.74) is -1.89. The molecule has 1 aromatic carbocycles. The topological polar surface area (TPSA) is 66.4 Å². The van der Waals surface area contributed by atoms with Crippen LogP contribution in [0.2, 0.25) is 0 Å². The van der Waals surface area contributed by atoms with Crippen molar-refractivity contribution in [3.05, 3.63) is 35.4 Å². The van der Waals surface area contributed by atoms with Crippen molar-refractivity contribution in [2.24, 2.45) is 5.92 Å². The van der Waals surface area contributed by atoms with Crippen LogP contribution >= 0.6 is 0 Å². The second kappa shape index (κ2) is 5.98. The molecule has 0 aromatic heterocycles. The molecule has 7 heteroatoms. The van der Waals surface area contributed by atoms with Gasteiger partial charge in [-0.05, 0) is 31.7 Å². The minimum Gasteiger partial charge on any atom is -0.384 e. The fourth-order valence-corrected chi connectivity index (χ4v) is 3.87. The van der Waals surface area contributed by atoms with Gasteiger partial charge in [0.1, 0.15) is 17.2 Å². The van der Waals surface area contributed by atoms with Gasteiger partial charge in [-0.3, -0.25) is 0 Å². The largest absolute Gasteiger partial charge is 0.384 e. The molecule has 2 N–H and O–H groups in total. The molecule has 0 bridgehead atoms. The molecule has 4 nitrogen and oxygen atoms in total. The lowest BCUT2D eigenvalue weighted by atomic mass is 9.87. The maximum Gasteiger partial charge on any atom is 0.211 e. The third-order valence-electron chi connectivity index (χ3n) is 3.83. The number of halogens is 2. The Morgan fingerprint density at radius 1 is 1.38 bits per heavy atom. The number of hydrogen-bond donors (Lipinski definition) is 2. The van der Waals surface area contributed by atoms with E-state index < -0.39 is 27.3 Å². The van der Waals surface area contributed by atoms with Gasteiger partial charge >= 0.3 is 0 Å². The Kier molecular flexibility index (Phi) is 4.65. The highest BCUT2D eigenvalue weighted by Crippen LogP contribution is 2.28. The SMILES string of the molecule is CC(O)(CNS(=O)(=O)CC1CCC1)c1ccc(F)cc1F. The van der Waals surface area contributed by atoms with Gasteiger partial charge in [-0.2, -0.15) is 0 Å². The minimum absolute atomic E-state index is 0.0228. The van der Waals surface area contributed by atoms with Crippen molar-refractivity contribution in [2.75, 3.05) is 12.3 Å². The molecule has 0 aliphatic heterocycles. The Hall–Kier alpha value is -1.05. The molecule has 118 valence electrons. The maximum absolute atomic E-state index is 13.7. The Morgan fingerprint density at radius 3 is 2.57 bits per heavy atom. The molecule has 1 fully saturated rings. The molecule has 1 aromatic rings. The second-order valence-corrected chi connectivity index (χ2v) is 7.65. The number of aliphatic hydroxyl groups is 1. The molecule has 0 heterocycles. The third kappa shape index (κ3) is 4.21. The van der Waals surface area contributed by atoms with Gasteiger partial charge in [-0.25, -0.2) is 21.9 Å². The first-order valence-corrected chi connectivity index (χ1v) is 8.50. The Labute approximate surface area is 123 Å². The summed E-state index contributed by atoms with van der Waals surface area (Å²) in [6.45, 7) is 0.930. The summed E-state index contributed by atoms with van der Waals surface area (Å²) >= 11 is 0. The smallest absolute Gasteiger partial charge is 0.211 e. The van der Waals surface area contributed by atoms with Gasteiger partial charge in [-0.1, -0.05) is 12.5 Å². The number of nitrogens with one attached hydrogen (secondary N) is 1. The van der Waals surface area contributed by atoms with Crippen molar-refractivity contribution in [1.29, 1.82) is 0 Å². The van der Waals surface area contributed by atoms with Crippen molar-refractivity contribution in [1.82, 2.24) is 4.72 Å². The summed E-state index contributed by atoms with van der Waals surface area (Å²) in [5.74, 6) is -1.47. The van der Waals surface area contributed by atoms with E-state index in [2.05, 4.69) is 4.72 Å². The molecule has 1 aliphatic rings. The van der Waals surface area contributed by atoms with Gasteiger partial charge in [0.05, 0.1) is 5.75 Å². The molecule has 1 unspecified atom stereocenters. The normalized spacial score (nSPS) is 19.0. The molecule has 1 atom stereocenters. The van der Waals surface area contributed by atoms with E-state index in [1.54, 1.807) is 0 Å². The highest BCUT2D eigenvalue weighted by atomic mass is 32.2. The van der Waals surface area contributed by atoms with Gasteiger partial charge in [-0.15, -0.1) is 0 Å². The lowest BCUT2D eigenvalue weighted by molar-refractivity contribution is 0.0587. The Balaban J connectivity index is 2.03. The first kappa shape index (κ1) is 16.3. The summed E-state index contributed by atoms with van der Waals surface area (Å²) in [7, 11) is -3.51. The zero-order valence-corrected chi connectivity index (χ0v) is 12.6. The van der Waals surface area contributed by atoms with Crippen LogP contribution in [0.3, 0.4) is 0 Å². The van der Waals surface area contributed by atoms with Crippen LogP contribution in [0.4, 0.5) is 8.78 Å². The summed E-state index contributed by atoms with van der Waals surface area (Å²) in [4.78, 5) is 0. The summed E-state index contributed by atoms with van der Waals surface area (Å²) < 4.78 is 52.6. The van der Waals surface area contributed by atoms with E-state index in [-0.39, 0.29) is 23.8 Å². The number of rotatable bonds is 6. The van der Waals surface area contributed by atoms with Crippen LogP contribution in [0.25, 0.3) is 0 Å². The van der Waals surface area contributed by atoms with E-state index in [4.69, 9.17) is 0 Å². The summed E-state index contributed by atoms with van der Waals surface area (Å²) in [6, 6.07) is 2.80. The first-order valence-electron chi connectivity index (χ1n) is 6.85. The molecule has 0 radical (unpaired) electrons. The third-order valence-corrected chi connectivity index (χ3v) is 5.32. The van der Waals surface area contributed by atoms with Gasteiger partial charge in [0.2, 0.25) is 10.0 Å². The molecule has 0 amide bonds. The minimum atomic E-state index is -3.51. The molecule has 21 heavy (non-hydrogen) atoms. The predicted molar refractivity (Wildman–Crippen MR) is 75.1 cm³/mol. The fraction of sp³-hybridized carbons (Fsp3) is 0.571. The molecule has 0 spiro atoms.